The molecule has 0 N–H and O–H groups in total. The molecular formula is C14H19BFNO3. The summed E-state index contributed by atoms with van der Waals surface area (Å²) < 4.78 is 25.5. The zero-order chi connectivity index (χ0) is 15.1. The zero-order valence-electron chi connectivity index (χ0n) is 12.5. The molecule has 0 radical (unpaired) electrons. The van der Waals surface area contributed by atoms with Crippen LogP contribution in [0, 0.1) is 5.82 Å². The molecule has 1 aromatic heterocycles. The van der Waals surface area contributed by atoms with E-state index in [9.17, 15) is 9.18 Å². The Bertz CT molecular complexity index is 529. The van der Waals surface area contributed by atoms with Crippen molar-refractivity contribution in [2.75, 3.05) is 0 Å². The van der Waals surface area contributed by atoms with Crippen LogP contribution in [-0.2, 0) is 20.5 Å². The molecule has 0 saturated carbocycles. The highest BCUT2D eigenvalue weighted by molar-refractivity contribution is 6.61. The number of hydrogen-bond donors (Lipinski definition) is 0. The van der Waals surface area contributed by atoms with Crippen LogP contribution in [0.5, 0.6) is 0 Å². The fourth-order valence-corrected chi connectivity index (χ4v) is 1.97. The Morgan fingerprint density at radius 2 is 1.80 bits per heavy atom. The number of Topliss-reactive ketones (excluding diaryl/α,β-unsaturated/α-hetero) is 1. The molecule has 0 atom stereocenters. The number of ketones is 1. The number of pyridine rings is 1. The predicted molar refractivity (Wildman–Crippen MR) is 74.3 cm³/mol. The molecule has 0 aromatic carbocycles. The first-order valence-corrected chi connectivity index (χ1v) is 6.63. The zero-order valence-corrected chi connectivity index (χ0v) is 12.5. The van der Waals surface area contributed by atoms with E-state index in [1.807, 2.05) is 27.7 Å². The molecule has 4 nitrogen and oxygen atoms in total. The van der Waals surface area contributed by atoms with Crippen LogP contribution >= 0.6 is 0 Å². The lowest BCUT2D eigenvalue weighted by Crippen LogP contribution is -2.41. The van der Waals surface area contributed by atoms with Gasteiger partial charge in [0.2, 0.25) is 0 Å². The quantitative estimate of drug-likeness (QED) is 0.789. The second-order valence-corrected chi connectivity index (χ2v) is 6.14. The van der Waals surface area contributed by atoms with E-state index >= 15 is 0 Å². The molecule has 0 aliphatic carbocycles. The number of aromatic nitrogens is 1. The monoisotopic (exact) mass is 279 g/mol. The number of halogens is 1. The van der Waals surface area contributed by atoms with Crippen LogP contribution in [0.25, 0.3) is 0 Å². The topological polar surface area (TPSA) is 48.4 Å². The second kappa shape index (κ2) is 4.93. The average molecular weight is 279 g/mol. The minimum Gasteiger partial charge on any atom is -0.398 e. The molecule has 2 heterocycles. The fraction of sp³-hybridized carbons (Fsp3) is 0.571. The molecule has 2 rings (SSSR count). The van der Waals surface area contributed by atoms with Crippen LogP contribution in [0.3, 0.4) is 0 Å². The Hall–Kier alpha value is -1.27. The summed E-state index contributed by atoms with van der Waals surface area (Å²) in [6.07, 6.45) is 0.173. The summed E-state index contributed by atoms with van der Waals surface area (Å²) in [5, 5.41) is 0. The van der Waals surface area contributed by atoms with E-state index in [0.29, 0.717) is 5.69 Å². The van der Waals surface area contributed by atoms with Crippen LogP contribution in [0.4, 0.5) is 4.39 Å². The van der Waals surface area contributed by atoms with Crippen molar-refractivity contribution in [1.82, 2.24) is 4.98 Å². The Morgan fingerprint density at radius 1 is 1.25 bits per heavy atom. The Morgan fingerprint density at radius 3 is 2.30 bits per heavy atom. The van der Waals surface area contributed by atoms with Crippen molar-refractivity contribution < 1.29 is 18.5 Å². The molecule has 1 saturated heterocycles. The minimum absolute atomic E-state index is 0.0241. The summed E-state index contributed by atoms with van der Waals surface area (Å²) in [4.78, 5) is 15.3. The van der Waals surface area contributed by atoms with Crippen molar-refractivity contribution in [2.45, 2.75) is 52.2 Å². The van der Waals surface area contributed by atoms with E-state index in [0.717, 1.165) is 0 Å². The smallest absolute Gasteiger partial charge is 0.398 e. The Labute approximate surface area is 118 Å². The molecular weight excluding hydrogens is 260 g/mol. The first-order valence-electron chi connectivity index (χ1n) is 6.63. The molecule has 1 aliphatic heterocycles. The molecule has 1 aromatic rings. The highest BCUT2D eigenvalue weighted by Crippen LogP contribution is 2.36. The van der Waals surface area contributed by atoms with Crippen molar-refractivity contribution in [2.24, 2.45) is 0 Å². The van der Waals surface area contributed by atoms with Crippen LogP contribution in [-0.4, -0.2) is 29.1 Å². The Balaban J connectivity index is 2.32. The molecule has 0 spiro atoms. The van der Waals surface area contributed by atoms with Gasteiger partial charge in [-0.2, -0.15) is 0 Å². The second-order valence-electron chi connectivity index (χ2n) is 6.14. The first kappa shape index (κ1) is 15.1. The minimum atomic E-state index is -0.855. The molecule has 0 amide bonds. The van der Waals surface area contributed by atoms with Gasteiger partial charge in [0.15, 0.2) is 0 Å². The van der Waals surface area contributed by atoms with Crippen molar-refractivity contribution in [3.63, 3.8) is 0 Å². The van der Waals surface area contributed by atoms with Crippen LogP contribution in [0.1, 0.15) is 40.3 Å². The molecule has 1 fully saturated rings. The van der Waals surface area contributed by atoms with E-state index in [1.165, 1.54) is 19.1 Å². The van der Waals surface area contributed by atoms with Crippen molar-refractivity contribution >= 4 is 18.5 Å². The van der Waals surface area contributed by atoms with Gasteiger partial charge in [0, 0.05) is 12.1 Å². The number of rotatable bonds is 3. The third-order valence-electron chi connectivity index (χ3n) is 3.84. The normalized spacial score (nSPS) is 20.2. The van der Waals surface area contributed by atoms with Gasteiger partial charge >= 0.3 is 7.12 Å². The summed E-state index contributed by atoms with van der Waals surface area (Å²) in [6, 6.07) is 2.80. The maximum Gasteiger partial charge on any atom is 0.517 e. The predicted octanol–water partition coefficient (Wildman–Crippen LogP) is 1.65. The van der Waals surface area contributed by atoms with Gasteiger partial charge in [-0.25, -0.2) is 4.39 Å². The average Bonchev–Trinajstić information content (AvgIpc) is 2.50. The Kier molecular flexibility index (Phi) is 3.73. The van der Waals surface area contributed by atoms with E-state index in [4.69, 9.17) is 9.31 Å². The summed E-state index contributed by atoms with van der Waals surface area (Å²) in [5.41, 5.74) is -0.490. The maximum absolute atomic E-state index is 14.0. The van der Waals surface area contributed by atoms with E-state index < -0.39 is 24.1 Å². The van der Waals surface area contributed by atoms with Crippen LogP contribution < -0.4 is 5.59 Å². The van der Waals surface area contributed by atoms with Gasteiger partial charge in [0.25, 0.3) is 0 Å². The van der Waals surface area contributed by atoms with Gasteiger partial charge < -0.3 is 9.31 Å². The number of nitrogens with zero attached hydrogens (tertiary/aromatic N) is 1. The molecule has 0 unspecified atom stereocenters. The maximum atomic E-state index is 14.0. The van der Waals surface area contributed by atoms with Gasteiger partial charge in [0.1, 0.15) is 17.2 Å². The highest BCUT2D eigenvalue weighted by atomic mass is 19.1. The van der Waals surface area contributed by atoms with E-state index in [1.54, 1.807) is 0 Å². The van der Waals surface area contributed by atoms with Crippen molar-refractivity contribution in [3.8, 4) is 0 Å². The summed E-state index contributed by atoms with van der Waals surface area (Å²) in [5.74, 6) is -0.514. The van der Waals surface area contributed by atoms with Gasteiger partial charge in [-0.05, 0) is 46.8 Å². The van der Waals surface area contributed by atoms with E-state index in [2.05, 4.69) is 4.98 Å². The third kappa shape index (κ3) is 2.76. The van der Waals surface area contributed by atoms with E-state index in [-0.39, 0.29) is 17.8 Å². The number of carbonyl (C=O) groups excluding carboxylic acids is 1. The van der Waals surface area contributed by atoms with Crippen LogP contribution in [0.2, 0.25) is 0 Å². The molecule has 0 bridgehead atoms. The van der Waals surface area contributed by atoms with Crippen LogP contribution in [0.15, 0.2) is 12.1 Å². The highest BCUT2D eigenvalue weighted by Gasteiger charge is 2.53. The first-order chi connectivity index (χ1) is 9.12. The molecule has 20 heavy (non-hydrogen) atoms. The van der Waals surface area contributed by atoms with Gasteiger partial charge in [-0.15, -0.1) is 0 Å². The van der Waals surface area contributed by atoms with Gasteiger partial charge in [-0.3, -0.25) is 9.78 Å². The largest absolute Gasteiger partial charge is 0.517 e. The van der Waals surface area contributed by atoms with Gasteiger partial charge in [0.05, 0.1) is 11.2 Å². The summed E-state index contributed by atoms with van der Waals surface area (Å²) >= 11 is 0. The van der Waals surface area contributed by atoms with Gasteiger partial charge in [-0.1, -0.05) is 0 Å². The standard InChI is InChI=1S/C14H19BFNO3/c1-9(18)8-10-6-7-11(16)12(17-10)15-19-13(2,3)14(4,5)20-15/h6-7H,8H2,1-5H3. The lowest BCUT2D eigenvalue weighted by Gasteiger charge is -2.32. The summed E-state index contributed by atoms with van der Waals surface area (Å²) in [6.45, 7) is 9.04. The molecule has 6 heteroatoms. The number of carbonyl (C=O) groups is 1. The van der Waals surface area contributed by atoms with Crippen molar-refractivity contribution in [1.29, 1.82) is 0 Å². The lowest BCUT2D eigenvalue weighted by molar-refractivity contribution is -0.116. The fourth-order valence-electron chi connectivity index (χ4n) is 1.97. The van der Waals surface area contributed by atoms with Crippen molar-refractivity contribution in [3.05, 3.63) is 23.6 Å². The third-order valence-corrected chi connectivity index (χ3v) is 3.84. The number of hydrogen-bond acceptors (Lipinski definition) is 4. The molecule has 108 valence electrons. The SMILES string of the molecule is CC(=O)Cc1ccc(F)c(B2OC(C)(C)C(C)(C)O2)n1. The summed E-state index contributed by atoms with van der Waals surface area (Å²) in [7, 11) is -0.855. The molecule has 1 aliphatic rings. The lowest BCUT2D eigenvalue weighted by atomic mass is 9.83.